The first-order chi connectivity index (χ1) is 14.9. The van der Waals surface area contributed by atoms with Gasteiger partial charge < -0.3 is 0 Å². The molecule has 0 aliphatic carbocycles. The summed E-state index contributed by atoms with van der Waals surface area (Å²) in [6.07, 6.45) is -2.64. The predicted octanol–water partition coefficient (Wildman–Crippen LogP) is 6.74. The highest BCUT2D eigenvalue weighted by molar-refractivity contribution is 7.94. The Kier molecular flexibility index (Phi) is 7.07. The van der Waals surface area contributed by atoms with Gasteiger partial charge in [-0.15, -0.1) is 0 Å². The summed E-state index contributed by atoms with van der Waals surface area (Å²) in [6.45, 7) is 5.67. The van der Waals surface area contributed by atoms with E-state index in [0.29, 0.717) is 11.1 Å². The Morgan fingerprint density at radius 3 is 2.28 bits per heavy atom. The maximum Gasteiger partial charge on any atom is 0.417 e. The van der Waals surface area contributed by atoms with Gasteiger partial charge in [0.25, 0.3) is 0 Å². The van der Waals surface area contributed by atoms with Crippen LogP contribution in [0.5, 0.6) is 0 Å². The molecule has 3 aromatic rings. The van der Waals surface area contributed by atoms with Crippen LogP contribution in [0.4, 0.5) is 13.2 Å². The third kappa shape index (κ3) is 4.87. The number of fused-ring (bicyclic) bond motifs is 1. The van der Waals surface area contributed by atoms with Crippen molar-refractivity contribution < 1.29 is 18.0 Å². The number of halogens is 3. The number of hydrogen-bond acceptors (Lipinski definition) is 4. The molecule has 0 aliphatic rings. The fourth-order valence-electron chi connectivity index (χ4n) is 3.72. The second-order valence-electron chi connectivity index (χ2n) is 8.34. The lowest BCUT2D eigenvalue weighted by Gasteiger charge is -2.25. The molecular weight excluding hydrogens is 435 g/mol. The summed E-state index contributed by atoms with van der Waals surface area (Å²) < 4.78 is 46.4. The average Bonchev–Trinajstić information content (AvgIpc) is 3.10. The molecule has 0 aliphatic heterocycles. The van der Waals surface area contributed by atoms with Crippen molar-refractivity contribution in [3.63, 3.8) is 0 Å². The zero-order valence-electron chi connectivity index (χ0n) is 19.1. The molecule has 0 N–H and O–H groups in total. The minimum absolute atomic E-state index is 0.0283. The minimum atomic E-state index is -4.47. The molecule has 0 saturated heterocycles. The number of hydrogen-bond donors (Lipinski definition) is 0. The lowest BCUT2D eigenvalue weighted by molar-refractivity contribution is -0.137. The Balaban J connectivity index is 2.21. The fraction of sp³-hybridized carbons (Fsp3) is 0.375. The summed E-state index contributed by atoms with van der Waals surface area (Å²) >= 11 is 1.54. The van der Waals surface area contributed by atoms with Crippen LogP contribution in [0.2, 0.25) is 0 Å². The molecule has 0 saturated carbocycles. The molecular formula is C24H28F3N3OS. The zero-order valence-corrected chi connectivity index (χ0v) is 19.9. The number of aromatic nitrogens is 1. The van der Waals surface area contributed by atoms with Crippen LogP contribution in [0.25, 0.3) is 22.0 Å². The van der Waals surface area contributed by atoms with Gasteiger partial charge >= 0.3 is 6.18 Å². The van der Waals surface area contributed by atoms with Gasteiger partial charge in [-0.05, 0) is 56.9 Å². The van der Waals surface area contributed by atoms with Crippen LogP contribution in [-0.4, -0.2) is 40.2 Å². The highest BCUT2D eigenvalue weighted by Crippen LogP contribution is 2.39. The molecule has 0 radical (unpaired) electrons. The molecule has 0 amide bonds. The molecule has 1 aromatic heterocycles. The van der Waals surface area contributed by atoms with E-state index in [9.17, 15) is 18.0 Å². The van der Waals surface area contributed by atoms with Crippen LogP contribution in [0.3, 0.4) is 0 Å². The first kappa shape index (κ1) is 24.4. The van der Waals surface area contributed by atoms with Gasteiger partial charge in [0, 0.05) is 35.7 Å². The molecule has 3 rings (SSSR count). The molecule has 8 heteroatoms. The van der Waals surface area contributed by atoms with Gasteiger partial charge in [0.1, 0.15) is 0 Å². The second-order valence-corrected chi connectivity index (χ2v) is 9.81. The largest absolute Gasteiger partial charge is 0.417 e. The van der Waals surface area contributed by atoms with Crippen LogP contribution in [-0.2, 0) is 6.18 Å². The standard InChI is InChI=1S/C24H28F3N3OS/c1-15(2)23(31)30-14-20(16(3)29(6)32-28(4)5)19-12-11-17(13-22(19)30)18-9-7-8-10-21(18)24(25,26)27/h7-16H,1-6H3. The molecule has 2 aromatic carbocycles. The van der Waals surface area contributed by atoms with Crippen molar-refractivity contribution in [2.45, 2.75) is 33.0 Å². The summed E-state index contributed by atoms with van der Waals surface area (Å²) in [5.74, 6) is -0.355. The van der Waals surface area contributed by atoms with Crippen molar-refractivity contribution in [1.82, 2.24) is 13.2 Å². The smallest absolute Gasteiger partial charge is 0.287 e. The summed E-state index contributed by atoms with van der Waals surface area (Å²) in [7, 11) is 5.87. The molecule has 1 heterocycles. The topological polar surface area (TPSA) is 28.5 Å². The zero-order chi connectivity index (χ0) is 23.8. The fourth-order valence-corrected chi connectivity index (χ4v) is 4.49. The first-order valence-electron chi connectivity index (χ1n) is 10.4. The number of rotatable bonds is 6. The van der Waals surface area contributed by atoms with Crippen molar-refractivity contribution in [3.8, 4) is 11.1 Å². The van der Waals surface area contributed by atoms with E-state index >= 15 is 0 Å². The third-order valence-electron chi connectivity index (χ3n) is 5.40. The quantitative estimate of drug-likeness (QED) is 0.379. The third-order valence-corrected chi connectivity index (χ3v) is 6.30. The molecule has 4 nitrogen and oxygen atoms in total. The van der Waals surface area contributed by atoms with Crippen LogP contribution >= 0.6 is 12.1 Å². The summed E-state index contributed by atoms with van der Waals surface area (Å²) in [5, 5.41) is 0.853. The predicted molar refractivity (Wildman–Crippen MR) is 125 cm³/mol. The monoisotopic (exact) mass is 463 g/mol. The van der Waals surface area contributed by atoms with Crippen LogP contribution < -0.4 is 0 Å². The Labute approximate surface area is 191 Å². The van der Waals surface area contributed by atoms with Gasteiger partial charge in [-0.1, -0.05) is 44.2 Å². The van der Waals surface area contributed by atoms with Crippen LogP contribution in [0, 0.1) is 5.92 Å². The second kappa shape index (κ2) is 9.29. The number of nitrogens with zero attached hydrogens (tertiary/aromatic N) is 3. The lowest BCUT2D eigenvalue weighted by atomic mass is 9.97. The highest BCUT2D eigenvalue weighted by atomic mass is 32.2. The first-order valence-corrected chi connectivity index (χ1v) is 11.1. The molecule has 1 atom stereocenters. The molecule has 0 spiro atoms. The Morgan fingerprint density at radius 2 is 1.69 bits per heavy atom. The Morgan fingerprint density at radius 1 is 1.03 bits per heavy atom. The average molecular weight is 464 g/mol. The summed E-state index contributed by atoms with van der Waals surface area (Å²) in [5.41, 5.74) is 1.39. The van der Waals surface area contributed by atoms with Gasteiger partial charge in [-0.3, -0.25) is 9.36 Å². The van der Waals surface area contributed by atoms with E-state index in [2.05, 4.69) is 4.31 Å². The van der Waals surface area contributed by atoms with Gasteiger partial charge in [0.2, 0.25) is 5.91 Å². The molecule has 32 heavy (non-hydrogen) atoms. The van der Waals surface area contributed by atoms with Crippen LogP contribution in [0.15, 0.2) is 48.7 Å². The van der Waals surface area contributed by atoms with Crippen molar-refractivity contribution in [2.75, 3.05) is 21.1 Å². The summed E-state index contributed by atoms with van der Waals surface area (Å²) in [6, 6.07) is 10.7. The maximum absolute atomic E-state index is 13.6. The Hall–Kier alpha value is -2.29. The molecule has 1 unspecified atom stereocenters. The maximum atomic E-state index is 13.6. The van der Waals surface area contributed by atoms with Crippen molar-refractivity contribution >= 4 is 28.9 Å². The SMILES string of the molecule is CC(C)C(=O)n1cc(C(C)N(C)SN(C)C)c2ccc(-c3ccccc3C(F)(F)F)cc21. The van der Waals surface area contributed by atoms with Gasteiger partial charge in [0.15, 0.2) is 0 Å². The van der Waals surface area contributed by atoms with Gasteiger partial charge in [-0.2, -0.15) is 13.2 Å². The van der Waals surface area contributed by atoms with Crippen molar-refractivity contribution in [3.05, 3.63) is 59.8 Å². The molecule has 0 bridgehead atoms. The van der Waals surface area contributed by atoms with Gasteiger partial charge in [-0.25, -0.2) is 8.61 Å². The van der Waals surface area contributed by atoms with E-state index in [1.807, 2.05) is 58.5 Å². The van der Waals surface area contributed by atoms with E-state index in [-0.39, 0.29) is 23.4 Å². The Bertz CT molecular complexity index is 1120. The van der Waals surface area contributed by atoms with Crippen molar-refractivity contribution in [2.24, 2.45) is 5.92 Å². The highest BCUT2D eigenvalue weighted by Gasteiger charge is 2.33. The van der Waals surface area contributed by atoms with E-state index < -0.39 is 11.7 Å². The lowest BCUT2D eigenvalue weighted by Crippen LogP contribution is -2.20. The van der Waals surface area contributed by atoms with E-state index in [1.54, 1.807) is 34.9 Å². The number of carbonyl (C=O) groups excluding carboxylic acids is 1. The molecule has 0 fully saturated rings. The normalized spacial score (nSPS) is 13.5. The molecule has 172 valence electrons. The van der Waals surface area contributed by atoms with E-state index in [4.69, 9.17) is 0 Å². The number of carbonyl (C=O) groups is 1. The van der Waals surface area contributed by atoms with Crippen molar-refractivity contribution in [1.29, 1.82) is 0 Å². The number of benzene rings is 2. The minimum Gasteiger partial charge on any atom is -0.287 e. The van der Waals surface area contributed by atoms with E-state index in [0.717, 1.165) is 17.0 Å². The summed E-state index contributed by atoms with van der Waals surface area (Å²) in [4.78, 5) is 13.0. The van der Waals surface area contributed by atoms with Crippen LogP contribution in [0.1, 0.15) is 42.7 Å². The van der Waals surface area contributed by atoms with E-state index in [1.165, 1.54) is 12.1 Å². The number of alkyl halides is 3. The van der Waals surface area contributed by atoms with Gasteiger partial charge in [0.05, 0.1) is 11.1 Å².